The van der Waals surface area contributed by atoms with Crippen molar-refractivity contribution in [2.45, 2.75) is 13.0 Å². The van der Waals surface area contributed by atoms with Crippen LogP contribution in [0.3, 0.4) is 0 Å². The van der Waals surface area contributed by atoms with Crippen LogP contribution in [-0.4, -0.2) is 17.8 Å². The zero-order valence-electron chi connectivity index (χ0n) is 7.32. The molecular formula is C10H10N2O. The Labute approximate surface area is 76.5 Å². The van der Waals surface area contributed by atoms with Crippen LogP contribution in [0.25, 0.3) is 0 Å². The van der Waals surface area contributed by atoms with Crippen molar-refractivity contribution in [1.82, 2.24) is 5.32 Å². The zero-order valence-corrected chi connectivity index (χ0v) is 7.32. The highest BCUT2D eigenvalue weighted by Crippen LogP contribution is 2.09. The molecule has 1 atom stereocenters. The van der Waals surface area contributed by atoms with E-state index in [9.17, 15) is 4.79 Å². The first kappa shape index (κ1) is 7.98. The fraction of sp³-hybridized carbons (Fsp3) is 0.200. The monoisotopic (exact) mass is 174 g/mol. The lowest BCUT2D eigenvalue weighted by molar-refractivity contribution is 0.250. The van der Waals surface area contributed by atoms with E-state index in [1.165, 1.54) is 0 Å². The first-order valence-electron chi connectivity index (χ1n) is 4.22. The van der Waals surface area contributed by atoms with Gasteiger partial charge in [0, 0.05) is 0 Å². The summed E-state index contributed by atoms with van der Waals surface area (Å²) in [5.41, 5.74) is 1.83. The molecule has 0 saturated carbocycles. The van der Waals surface area contributed by atoms with Gasteiger partial charge < -0.3 is 5.32 Å². The zero-order chi connectivity index (χ0) is 9.26. The molecule has 2 amide bonds. The molecule has 66 valence electrons. The molecular weight excluding hydrogens is 164 g/mol. The molecule has 3 nitrogen and oxygen atoms in total. The maximum atomic E-state index is 10.9. The van der Waals surface area contributed by atoms with Gasteiger partial charge in [0.25, 0.3) is 0 Å². The number of rotatable bonds is 1. The molecule has 0 spiro atoms. The van der Waals surface area contributed by atoms with Crippen LogP contribution in [0.15, 0.2) is 35.3 Å². The predicted octanol–water partition coefficient (Wildman–Crippen LogP) is 1.59. The van der Waals surface area contributed by atoms with Crippen molar-refractivity contribution in [3.63, 3.8) is 0 Å². The molecule has 0 radical (unpaired) electrons. The van der Waals surface area contributed by atoms with Crippen molar-refractivity contribution in [3.8, 4) is 0 Å². The van der Waals surface area contributed by atoms with E-state index >= 15 is 0 Å². The topological polar surface area (TPSA) is 41.5 Å². The van der Waals surface area contributed by atoms with Crippen molar-refractivity contribution >= 4 is 11.7 Å². The summed E-state index contributed by atoms with van der Waals surface area (Å²) < 4.78 is 0. The molecule has 1 N–H and O–H groups in total. The minimum atomic E-state index is -0.244. The number of carbonyl (C=O) groups excluding carboxylic acids is 1. The second-order valence-corrected chi connectivity index (χ2v) is 3.03. The van der Waals surface area contributed by atoms with Gasteiger partial charge in [-0.05, 0) is 12.5 Å². The Morgan fingerprint density at radius 1 is 1.31 bits per heavy atom. The van der Waals surface area contributed by atoms with Gasteiger partial charge in [-0.1, -0.05) is 30.3 Å². The van der Waals surface area contributed by atoms with Crippen LogP contribution in [0.1, 0.15) is 12.5 Å². The van der Waals surface area contributed by atoms with Crippen LogP contribution in [-0.2, 0) is 0 Å². The number of hydrogen-bond acceptors (Lipinski definition) is 1. The Bertz CT molecular complexity index is 356. The molecule has 0 fully saturated rings. The molecule has 1 aromatic rings. The molecule has 1 aliphatic rings. The number of urea groups is 1. The predicted molar refractivity (Wildman–Crippen MR) is 51.0 cm³/mol. The lowest BCUT2D eigenvalue weighted by atomic mass is 10.1. The summed E-state index contributed by atoms with van der Waals surface area (Å²) in [5, 5.41) is 2.72. The lowest BCUT2D eigenvalue weighted by Crippen LogP contribution is -2.28. The summed E-state index contributed by atoms with van der Waals surface area (Å²) >= 11 is 0. The highest BCUT2D eigenvalue weighted by Gasteiger charge is 2.21. The van der Waals surface area contributed by atoms with Gasteiger partial charge >= 0.3 is 6.03 Å². The van der Waals surface area contributed by atoms with Gasteiger partial charge in [0.1, 0.15) is 0 Å². The van der Waals surface area contributed by atoms with Gasteiger partial charge in [-0.2, -0.15) is 4.99 Å². The summed E-state index contributed by atoms with van der Waals surface area (Å²) in [6.45, 7) is 1.93. The maximum Gasteiger partial charge on any atom is 0.341 e. The molecule has 0 aliphatic carbocycles. The minimum Gasteiger partial charge on any atom is -0.328 e. The Morgan fingerprint density at radius 2 is 2.00 bits per heavy atom. The van der Waals surface area contributed by atoms with E-state index in [0.717, 1.165) is 11.3 Å². The second kappa shape index (κ2) is 3.01. The van der Waals surface area contributed by atoms with Crippen molar-refractivity contribution in [3.05, 3.63) is 35.9 Å². The maximum absolute atomic E-state index is 10.9. The van der Waals surface area contributed by atoms with Crippen molar-refractivity contribution in [1.29, 1.82) is 0 Å². The molecule has 1 unspecified atom stereocenters. The molecule has 1 aromatic carbocycles. The van der Waals surface area contributed by atoms with E-state index in [1.807, 2.05) is 37.3 Å². The summed E-state index contributed by atoms with van der Waals surface area (Å²) in [4.78, 5) is 14.8. The fourth-order valence-electron chi connectivity index (χ4n) is 1.42. The summed E-state index contributed by atoms with van der Waals surface area (Å²) in [6.07, 6.45) is 0. The number of benzene rings is 1. The first-order chi connectivity index (χ1) is 6.27. The van der Waals surface area contributed by atoms with Crippen LogP contribution < -0.4 is 5.32 Å². The summed E-state index contributed by atoms with van der Waals surface area (Å²) in [7, 11) is 0. The van der Waals surface area contributed by atoms with Gasteiger partial charge in [0.15, 0.2) is 0 Å². The average molecular weight is 174 g/mol. The molecule has 0 saturated heterocycles. The smallest absolute Gasteiger partial charge is 0.328 e. The van der Waals surface area contributed by atoms with E-state index in [1.54, 1.807) is 0 Å². The molecule has 0 bridgehead atoms. The van der Waals surface area contributed by atoms with Crippen molar-refractivity contribution in [2.75, 3.05) is 0 Å². The van der Waals surface area contributed by atoms with Crippen LogP contribution in [0.5, 0.6) is 0 Å². The SMILES string of the molecule is CC1NC(=O)N=C1c1ccccc1. The Hall–Kier alpha value is -1.64. The Kier molecular flexibility index (Phi) is 1.85. The lowest BCUT2D eigenvalue weighted by Gasteiger charge is -2.05. The Balaban J connectivity index is 2.37. The van der Waals surface area contributed by atoms with E-state index < -0.39 is 0 Å². The van der Waals surface area contributed by atoms with Crippen LogP contribution >= 0.6 is 0 Å². The number of amides is 2. The third-order valence-corrected chi connectivity index (χ3v) is 2.04. The van der Waals surface area contributed by atoms with Crippen LogP contribution in [0.4, 0.5) is 4.79 Å². The molecule has 1 aliphatic heterocycles. The van der Waals surface area contributed by atoms with E-state index in [2.05, 4.69) is 10.3 Å². The molecule has 1 heterocycles. The van der Waals surface area contributed by atoms with E-state index in [4.69, 9.17) is 0 Å². The first-order valence-corrected chi connectivity index (χ1v) is 4.22. The number of hydrogen-bond donors (Lipinski definition) is 1. The summed E-state index contributed by atoms with van der Waals surface area (Å²) in [5.74, 6) is 0. The van der Waals surface area contributed by atoms with Crippen molar-refractivity contribution in [2.24, 2.45) is 4.99 Å². The second-order valence-electron chi connectivity index (χ2n) is 3.03. The normalized spacial score (nSPS) is 21.2. The molecule has 2 rings (SSSR count). The number of nitrogens with zero attached hydrogens (tertiary/aromatic N) is 1. The van der Waals surface area contributed by atoms with E-state index in [-0.39, 0.29) is 12.1 Å². The fourth-order valence-corrected chi connectivity index (χ4v) is 1.42. The molecule has 3 heteroatoms. The number of nitrogens with one attached hydrogen (secondary N) is 1. The van der Waals surface area contributed by atoms with E-state index in [0.29, 0.717) is 0 Å². The highest BCUT2D eigenvalue weighted by atomic mass is 16.2. The third kappa shape index (κ3) is 1.45. The quantitative estimate of drug-likeness (QED) is 0.690. The van der Waals surface area contributed by atoms with Crippen LogP contribution in [0.2, 0.25) is 0 Å². The number of carbonyl (C=O) groups is 1. The third-order valence-electron chi connectivity index (χ3n) is 2.04. The van der Waals surface area contributed by atoms with Gasteiger partial charge in [-0.15, -0.1) is 0 Å². The van der Waals surface area contributed by atoms with Crippen LogP contribution in [0, 0.1) is 0 Å². The highest BCUT2D eigenvalue weighted by molar-refractivity contribution is 6.13. The Morgan fingerprint density at radius 3 is 2.54 bits per heavy atom. The number of aliphatic imine (C=N–C) groups is 1. The molecule has 13 heavy (non-hydrogen) atoms. The largest absolute Gasteiger partial charge is 0.341 e. The average Bonchev–Trinajstić information content (AvgIpc) is 2.47. The summed E-state index contributed by atoms with van der Waals surface area (Å²) in [6, 6.07) is 9.51. The standard InChI is InChI=1S/C10H10N2O/c1-7-9(12-10(13)11-7)8-5-3-2-4-6-8/h2-7H,1H3,(H,11,13). The van der Waals surface area contributed by atoms with Gasteiger partial charge in [-0.3, -0.25) is 0 Å². The molecule has 0 aromatic heterocycles. The minimum absolute atomic E-state index is 0.0231. The van der Waals surface area contributed by atoms with Gasteiger partial charge in [0.05, 0.1) is 11.8 Å². The van der Waals surface area contributed by atoms with Gasteiger partial charge in [-0.25, -0.2) is 4.79 Å². The van der Waals surface area contributed by atoms with Crippen molar-refractivity contribution < 1.29 is 4.79 Å². The van der Waals surface area contributed by atoms with Gasteiger partial charge in [0.2, 0.25) is 0 Å².